The Morgan fingerprint density at radius 2 is 1.85 bits per heavy atom. The summed E-state index contributed by atoms with van der Waals surface area (Å²) in [6.07, 6.45) is 3.75. The predicted octanol–water partition coefficient (Wildman–Crippen LogP) is 2.45. The van der Waals surface area contributed by atoms with Crippen LogP contribution in [0.4, 0.5) is 0 Å². The Hall–Kier alpha value is -0.0831. The van der Waals surface area contributed by atoms with Crippen LogP contribution in [0.2, 0.25) is 0 Å². The number of hydrogen-bond acceptors (Lipinski definition) is 1. The van der Waals surface area contributed by atoms with Crippen molar-refractivity contribution in [2.45, 2.75) is 47.0 Å². The van der Waals surface area contributed by atoms with E-state index >= 15 is 0 Å². The minimum atomic E-state index is 0.710. The van der Waals surface area contributed by atoms with Crippen molar-refractivity contribution in [3.05, 3.63) is 11.1 Å². The first-order chi connectivity index (χ1) is 6.09. The van der Waals surface area contributed by atoms with E-state index in [1.54, 1.807) is 5.57 Å². The molecule has 0 aromatic heterocycles. The molecular weight excluding hydrogens is 176 g/mol. The van der Waals surface area contributed by atoms with Crippen LogP contribution in [-0.4, -0.2) is 17.1 Å². The molecule has 0 aromatic rings. The minimum Gasteiger partial charge on any atom is -0.428 e. The molecule has 0 atom stereocenters. The van der Waals surface area contributed by atoms with Gasteiger partial charge in [-0.2, -0.15) is 0 Å². The van der Waals surface area contributed by atoms with E-state index in [0.717, 1.165) is 17.1 Å². The molecule has 2 heteroatoms. The maximum Gasteiger partial charge on any atom is 0.145 e. The maximum atomic E-state index is 5.17. The maximum absolute atomic E-state index is 5.17. The van der Waals surface area contributed by atoms with E-state index in [9.17, 15) is 0 Å². The van der Waals surface area contributed by atoms with Gasteiger partial charge in [-0.05, 0) is 39.0 Å². The number of hydrogen-bond donors (Lipinski definition) is 0. The number of allylic oxidation sites excluding steroid dienone is 2. The van der Waals surface area contributed by atoms with Gasteiger partial charge in [-0.15, -0.1) is 0 Å². The highest BCUT2D eigenvalue weighted by atomic mass is 28.2. The lowest BCUT2D eigenvalue weighted by atomic mass is 9.94. The average Bonchev–Trinajstić information content (AvgIpc) is 2.02. The summed E-state index contributed by atoms with van der Waals surface area (Å²) < 4.78 is 5.17. The Balaban J connectivity index is 3.79. The van der Waals surface area contributed by atoms with Gasteiger partial charge in [0, 0.05) is 6.61 Å². The Morgan fingerprint density at radius 3 is 2.23 bits per heavy atom. The molecule has 78 valence electrons. The van der Waals surface area contributed by atoms with Gasteiger partial charge in [0.05, 0.1) is 0 Å². The molecule has 0 fully saturated rings. The third-order valence-electron chi connectivity index (χ3n) is 2.38. The molecule has 0 aliphatic carbocycles. The molecule has 0 aliphatic heterocycles. The highest BCUT2D eigenvalue weighted by Gasteiger charge is 2.04. The average molecular weight is 200 g/mol. The lowest BCUT2D eigenvalue weighted by Gasteiger charge is -2.13. The fraction of sp³-hybridized carbons (Fsp3) is 0.818. The highest BCUT2D eigenvalue weighted by Crippen LogP contribution is 2.20. The normalized spacial score (nSPS) is 10.8. The summed E-state index contributed by atoms with van der Waals surface area (Å²) in [6, 6.07) is 0. The monoisotopic (exact) mass is 200 g/mol. The molecule has 13 heavy (non-hydrogen) atoms. The molecule has 0 heterocycles. The van der Waals surface area contributed by atoms with Crippen LogP contribution in [0, 0.1) is 5.92 Å². The van der Waals surface area contributed by atoms with Crippen LogP contribution in [0.3, 0.4) is 0 Å². The molecule has 0 aromatic carbocycles. The molecule has 0 rings (SSSR count). The van der Waals surface area contributed by atoms with Gasteiger partial charge in [-0.3, -0.25) is 0 Å². The summed E-state index contributed by atoms with van der Waals surface area (Å²) in [5.74, 6) is 0.710. The fourth-order valence-corrected chi connectivity index (χ4v) is 1.97. The van der Waals surface area contributed by atoms with Crippen molar-refractivity contribution in [2.75, 3.05) is 6.61 Å². The van der Waals surface area contributed by atoms with Gasteiger partial charge in [0.2, 0.25) is 0 Å². The molecule has 1 nitrogen and oxygen atoms in total. The zero-order valence-electron chi connectivity index (χ0n) is 9.81. The Labute approximate surface area is 86.1 Å². The van der Waals surface area contributed by atoms with Gasteiger partial charge in [0.15, 0.2) is 0 Å². The van der Waals surface area contributed by atoms with Gasteiger partial charge in [0.1, 0.15) is 10.5 Å². The second-order valence-corrected chi connectivity index (χ2v) is 4.71. The van der Waals surface area contributed by atoms with E-state index in [1.165, 1.54) is 24.8 Å². The molecule has 0 bridgehead atoms. The van der Waals surface area contributed by atoms with Crippen LogP contribution in [0.15, 0.2) is 11.1 Å². The first-order valence-electron chi connectivity index (χ1n) is 5.24. The minimum absolute atomic E-state index is 0.710. The number of unbranched alkanes of at least 4 members (excludes halogenated alkanes) is 1. The van der Waals surface area contributed by atoms with Crippen LogP contribution in [0.25, 0.3) is 0 Å². The first-order valence-corrected chi connectivity index (χ1v) is 6.06. The van der Waals surface area contributed by atoms with Crippen molar-refractivity contribution in [1.82, 2.24) is 0 Å². The van der Waals surface area contributed by atoms with Crippen LogP contribution < -0.4 is 0 Å². The second-order valence-electron chi connectivity index (χ2n) is 4.13. The zero-order valence-corrected chi connectivity index (χ0v) is 11.8. The molecule has 0 amide bonds. The van der Waals surface area contributed by atoms with Crippen LogP contribution in [0.1, 0.15) is 47.0 Å². The van der Waals surface area contributed by atoms with Gasteiger partial charge >= 0.3 is 0 Å². The molecule has 0 saturated heterocycles. The standard InChI is InChI=1S/C11H24OSi/c1-9(2)11(10(3)4)7-5-6-8-12-13/h9H,5-8H2,1-4,13H3. The second kappa shape index (κ2) is 7.33. The van der Waals surface area contributed by atoms with Crippen molar-refractivity contribution < 1.29 is 4.43 Å². The SMILES string of the molecule is CC(C)=C(CCCCO[SiH3])C(C)C. The molecular formula is C11H24OSi. The van der Waals surface area contributed by atoms with Crippen LogP contribution in [0.5, 0.6) is 0 Å². The Morgan fingerprint density at radius 1 is 1.23 bits per heavy atom. The van der Waals surface area contributed by atoms with Gasteiger partial charge in [0.25, 0.3) is 0 Å². The summed E-state index contributed by atoms with van der Waals surface area (Å²) >= 11 is 0. The van der Waals surface area contributed by atoms with E-state index in [4.69, 9.17) is 4.43 Å². The first kappa shape index (κ1) is 12.9. The van der Waals surface area contributed by atoms with Gasteiger partial charge in [-0.25, -0.2) is 0 Å². The van der Waals surface area contributed by atoms with E-state index in [2.05, 4.69) is 27.7 Å². The quantitative estimate of drug-likeness (QED) is 0.363. The Bertz CT molecular complexity index is 157. The van der Waals surface area contributed by atoms with Crippen molar-refractivity contribution >= 4 is 10.5 Å². The van der Waals surface area contributed by atoms with Crippen molar-refractivity contribution in [3.8, 4) is 0 Å². The third kappa shape index (κ3) is 6.05. The smallest absolute Gasteiger partial charge is 0.145 e. The molecule has 0 aliphatic rings. The van der Waals surface area contributed by atoms with Crippen LogP contribution >= 0.6 is 0 Å². The third-order valence-corrected chi connectivity index (χ3v) is 2.79. The Kier molecular flexibility index (Phi) is 7.29. The predicted molar refractivity (Wildman–Crippen MR) is 63.0 cm³/mol. The van der Waals surface area contributed by atoms with E-state index in [-0.39, 0.29) is 0 Å². The summed E-state index contributed by atoms with van der Waals surface area (Å²) in [6.45, 7) is 9.97. The largest absolute Gasteiger partial charge is 0.428 e. The van der Waals surface area contributed by atoms with Gasteiger partial charge < -0.3 is 4.43 Å². The van der Waals surface area contributed by atoms with Crippen molar-refractivity contribution in [2.24, 2.45) is 5.92 Å². The zero-order chi connectivity index (χ0) is 10.3. The summed E-state index contributed by atoms with van der Waals surface area (Å²) in [4.78, 5) is 0. The lowest BCUT2D eigenvalue weighted by Crippen LogP contribution is -1.98. The van der Waals surface area contributed by atoms with Crippen molar-refractivity contribution in [1.29, 1.82) is 0 Å². The topological polar surface area (TPSA) is 9.23 Å². The fourth-order valence-electron chi connectivity index (χ4n) is 1.68. The van der Waals surface area contributed by atoms with E-state index < -0.39 is 0 Å². The molecule has 0 unspecified atom stereocenters. The van der Waals surface area contributed by atoms with Crippen molar-refractivity contribution in [3.63, 3.8) is 0 Å². The highest BCUT2D eigenvalue weighted by molar-refractivity contribution is 5.97. The summed E-state index contributed by atoms with van der Waals surface area (Å²) in [7, 11) is 0.883. The molecule has 0 N–H and O–H groups in total. The molecule has 0 spiro atoms. The van der Waals surface area contributed by atoms with Gasteiger partial charge in [-0.1, -0.05) is 25.0 Å². The number of rotatable bonds is 6. The lowest BCUT2D eigenvalue weighted by molar-refractivity contribution is 0.335. The summed E-state index contributed by atoms with van der Waals surface area (Å²) in [5.41, 5.74) is 3.13. The summed E-state index contributed by atoms with van der Waals surface area (Å²) in [5, 5.41) is 0. The van der Waals surface area contributed by atoms with E-state index in [0.29, 0.717) is 5.92 Å². The van der Waals surface area contributed by atoms with E-state index in [1.807, 2.05) is 0 Å². The molecule has 0 saturated carbocycles. The molecule has 0 radical (unpaired) electrons. The van der Waals surface area contributed by atoms with Crippen LogP contribution in [-0.2, 0) is 4.43 Å².